The highest BCUT2D eigenvalue weighted by Gasteiger charge is 2.16. The molecule has 0 aromatic carbocycles. The Morgan fingerprint density at radius 1 is 1.40 bits per heavy atom. The largest absolute Gasteiger partial charge is 0.351 e. The van der Waals surface area contributed by atoms with Crippen molar-refractivity contribution in [3.63, 3.8) is 0 Å². The number of amidine groups is 1. The molecule has 0 atom stereocenters. The van der Waals surface area contributed by atoms with Crippen LogP contribution in [0.25, 0.3) is 0 Å². The maximum absolute atomic E-state index is 4.29. The minimum Gasteiger partial charge on any atom is -0.351 e. The van der Waals surface area contributed by atoms with Gasteiger partial charge in [-0.2, -0.15) is 4.40 Å². The van der Waals surface area contributed by atoms with E-state index in [1.807, 2.05) is 6.26 Å². The lowest BCUT2D eigenvalue weighted by Crippen LogP contribution is -2.40. The van der Waals surface area contributed by atoms with E-state index < -0.39 is 0 Å². The summed E-state index contributed by atoms with van der Waals surface area (Å²) >= 11 is 3.27. The number of hydrogen-bond acceptors (Lipinski definition) is 3. The summed E-state index contributed by atoms with van der Waals surface area (Å²) in [6.45, 7) is 2.39. The Labute approximate surface area is 70.6 Å². The van der Waals surface area contributed by atoms with E-state index >= 15 is 0 Å². The van der Waals surface area contributed by atoms with Gasteiger partial charge in [-0.25, -0.2) is 0 Å². The van der Waals surface area contributed by atoms with Crippen molar-refractivity contribution in [3.05, 3.63) is 0 Å². The van der Waals surface area contributed by atoms with E-state index in [2.05, 4.69) is 15.6 Å². The predicted octanol–water partition coefficient (Wildman–Crippen LogP) is 1.69. The van der Waals surface area contributed by atoms with Gasteiger partial charge >= 0.3 is 0 Å². The van der Waals surface area contributed by atoms with Gasteiger partial charge in [0.2, 0.25) is 0 Å². The van der Waals surface area contributed by atoms with E-state index in [0.29, 0.717) is 0 Å². The molecule has 0 unspecified atom stereocenters. The van der Waals surface area contributed by atoms with Crippen LogP contribution in [0.4, 0.5) is 0 Å². The number of likely N-dealkylation sites (tertiary alicyclic amines) is 1. The summed E-state index contributed by atoms with van der Waals surface area (Å²) in [4.78, 5) is 2.31. The predicted molar refractivity (Wildman–Crippen MR) is 50.7 cm³/mol. The second-order valence-electron chi connectivity index (χ2n) is 2.10. The van der Waals surface area contributed by atoms with Crippen LogP contribution in [0.2, 0.25) is 0 Å². The highest BCUT2D eigenvalue weighted by atomic mass is 32.2. The quantitative estimate of drug-likeness (QED) is 0.343. The maximum Gasteiger partial charge on any atom is 0.171 e. The third-order valence-electron chi connectivity index (χ3n) is 1.48. The second kappa shape index (κ2) is 4.13. The van der Waals surface area contributed by atoms with Gasteiger partial charge in [-0.1, -0.05) is 11.8 Å². The zero-order valence-corrected chi connectivity index (χ0v) is 7.97. The first kappa shape index (κ1) is 8.27. The van der Waals surface area contributed by atoms with Gasteiger partial charge in [-0.3, -0.25) is 0 Å². The standard InChI is InChI=1S/C6H12N2S2/c1-9-6(7-10-2)8-4-3-5-8/h3-5H2,1-2H3/b7-6-. The number of nitrogens with zero attached hydrogens (tertiary/aromatic N) is 2. The Bertz CT molecular complexity index is 132. The van der Waals surface area contributed by atoms with E-state index in [1.54, 1.807) is 11.8 Å². The van der Waals surface area contributed by atoms with Gasteiger partial charge in [0.05, 0.1) is 0 Å². The van der Waals surface area contributed by atoms with Crippen LogP contribution < -0.4 is 0 Å². The van der Waals surface area contributed by atoms with Crippen LogP contribution in [0.5, 0.6) is 0 Å². The Balaban J connectivity index is 2.38. The molecule has 58 valence electrons. The molecule has 1 aliphatic heterocycles. The molecule has 0 amide bonds. The Morgan fingerprint density at radius 3 is 2.40 bits per heavy atom. The van der Waals surface area contributed by atoms with E-state index in [-0.39, 0.29) is 0 Å². The van der Waals surface area contributed by atoms with Crippen molar-refractivity contribution in [2.45, 2.75) is 6.42 Å². The summed E-state index contributed by atoms with van der Waals surface area (Å²) in [5.74, 6) is 0. The molecular weight excluding hydrogens is 164 g/mol. The summed E-state index contributed by atoms with van der Waals surface area (Å²) in [7, 11) is 0. The van der Waals surface area contributed by atoms with E-state index in [4.69, 9.17) is 0 Å². The van der Waals surface area contributed by atoms with Gasteiger partial charge in [-0.05, 0) is 24.6 Å². The van der Waals surface area contributed by atoms with Gasteiger partial charge in [0.25, 0.3) is 0 Å². The van der Waals surface area contributed by atoms with Crippen molar-refractivity contribution < 1.29 is 0 Å². The zero-order chi connectivity index (χ0) is 7.40. The molecule has 0 aromatic rings. The van der Waals surface area contributed by atoms with E-state index in [1.165, 1.54) is 36.6 Å². The summed E-state index contributed by atoms with van der Waals surface area (Å²) in [5, 5.41) is 1.18. The molecule has 0 spiro atoms. The minimum atomic E-state index is 1.18. The lowest BCUT2D eigenvalue weighted by molar-refractivity contribution is 0.307. The highest BCUT2D eigenvalue weighted by molar-refractivity contribution is 8.14. The fraction of sp³-hybridized carbons (Fsp3) is 0.833. The van der Waals surface area contributed by atoms with Crippen molar-refractivity contribution in [2.24, 2.45) is 4.40 Å². The number of thioether (sulfide) groups is 1. The van der Waals surface area contributed by atoms with Crippen LogP contribution in [0.15, 0.2) is 4.40 Å². The van der Waals surface area contributed by atoms with Crippen molar-refractivity contribution in [1.82, 2.24) is 4.90 Å². The lowest BCUT2D eigenvalue weighted by atomic mass is 10.2. The van der Waals surface area contributed by atoms with Crippen molar-refractivity contribution in [3.8, 4) is 0 Å². The summed E-state index contributed by atoms with van der Waals surface area (Å²) in [6, 6.07) is 0. The summed E-state index contributed by atoms with van der Waals surface area (Å²) < 4.78 is 4.29. The molecule has 4 heteroatoms. The van der Waals surface area contributed by atoms with Gasteiger partial charge < -0.3 is 4.90 Å². The van der Waals surface area contributed by atoms with Gasteiger partial charge in [-0.15, -0.1) is 0 Å². The Hall–Kier alpha value is 0.170. The van der Waals surface area contributed by atoms with Crippen LogP contribution in [-0.2, 0) is 0 Å². The molecule has 0 radical (unpaired) electrons. The molecule has 1 fully saturated rings. The first-order chi connectivity index (χ1) is 4.88. The smallest absolute Gasteiger partial charge is 0.171 e. The molecule has 1 heterocycles. The molecule has 0 N–H and O–H groups in total. The number of hydrogen-bond donors (Lipinski definition) is 0. The molecule has 1 aliphatic rings. The van der Waals surface area contributed by atoms with Crippen LogP contribution in [0.3, 0.4) is 0 Å². The summed E-state index contributed by atoms with van der Waals surface area (Å²) in [5.41, 5.74) is 0. The van der Waals surface area contributed by atoms with Crippen LogP contribution in [-0.4, -0.2) is 35.7 Å². The van der Waals surface area contributed by atoms with E-state index in [9.17, 15) is 0 Å². The second-order valence-corrected chi connectivity index (χ2v) is 3.42. The fourth-order valence-electron chi connectivity index (χ4n) is 0.810. The highest BCUT2D eigenvalue weighted by Crippen LogP contribution is 2.15. The van der Waals surface area contributed by atoms with Crippen LogP contribution in [0, 0.1) is 0 Å². The molecular formula is C6H12N2S2. The topological polar surface area (TPSA) is 15.6 Å². The molecule has 1 saturated heterocycles. The maximum atomic E-state index is 4.29. The fourth-order valence-corrected chi connectivity index (χ4v) is 2.04. The molecule has 0 aromatic heterocycles. The molecule has 2 nitrogen and oxygen atoms in total. The van der Waals surface area contributed by atoms with Crippen LogP contribution >= 0.6 is 23.7 Å². The zero-order valence-electron chi connectivity index (χ0n) is 6.33. The monoisotopic (exact) mass is 176 g/mol. The SMILES string of the molecule is CS/N=C(\SC)N1CCC1. The van der Waals surface area contributed by atoms with Crippen molar-refractivity contribution in [2.75, 3.05) is 25.6 Å². The van der Waals surface area contributed by atoms with Gasteiger partial charge in [0.1, 0.15) is 0 Å². The Morgan fingerprint density at radius 2 is 2.10 bits per heavy atom. The third kappa shape index (κ3) is 1.83. The molecule has 0 bridgehead atoms. The average Bonchev–Trinajstić information content (AvgIpc) is 1.83. The molecule has 0 aliphatic carbocycles. The third-order valence-corrected chi connectivity index (χ3v) is 2.66. The minimum absolute atomic E-state index is 1.18. The first-order valence-corrected chi connectivity index (χ1v) is 5.69. The molecule has 0 saturated carbocycles. The lowest BCUT2D eigenvalue weighted by Gasteiger charge is -2.32. The molecule has 1 rings (SSSR count). The summed E-state index contributed by atoms with van der Waals surface area (Å²) in [6.07, 6.45) is 5.40. The average molecular weight is 176 g/mol. The van der Waals surface area contributed by atoms with E-state index in [0.717, 1.165) is 0 Å². The first-order valence-electron chi connectivity index (χ1n) is 3.28. The Kier molecular flexibility index (Phi) is 3.42. The van der Waals surface area contributed by atoms with Gasteiger partial charge in [0.15, 0.2) is 5.17 Å². The normalized spacial score (nSPS) is 19.0. The molecule has 10 heavy (non-hydrogen) atoms. The van der Waals surface area contributed by atoms with Gasteiger partial charge in [0, 0.05) is 19.3 Å². The van der Waals surface area contributed by atoms with Crippen LogP contribution in [0.1, 0.15) is 6.42 Å². The van der Waals surface area contributed by atoms with Crippen molar-refractivity contribution >= 4 is 28.9 Å². The van der Waals surface area contributed by atoms with Crippen molar-refractivity contribution in [1.29, 1.82) is 0 Å². The number of rotatable bonds is 1.